The fourth-order valence-corrected chi connectivity index (χ4v) is 4.74. The highest BCUT2D eigenvalue weighted by Crippen LogP contribution is 2.34. The van der Waals surface area contributed by atoms with Gasteiger partial charge in [-0.2, -0.15) is 0 Å². The van der Waals surface area contributed by atoms with Gasteiger partial charge in [0.15, 0.2) is 0 Å². The van der Waals surface area contributed by atoms with Crippen LogP contribution in [0.25, 0.3) is 10.2 Å². The van der Waals surface area contributed by atoms with Crippen molar-refractivity contribution < 1.29 is 9.72 Å². The quantitative estimate of drug-likeness (QED) is 0.463. The largest absolute Gasteiger partial charge is 0.338 e. The number of carbonyl (C=O) groups is 1. The Bertz CT molecular complexity index is 1000. The highest BCUT2D eigenvalue weighted by Gasteiger charge is 2.28. The van der Waals surface area contributed by atoms with Crippen molar-refractivity contribution in [1.82, 2.24) is 9.88 Å². The number of amides is 1. The second-order valence-electron chi connectivity index (χ2n) is 6.53. The molecule has 0 aliphatic carbocycles. The van der Waals surface area contributed by atoms with E-state index in [0.717, 1.165) is 28.1 Å². The third-order valence-electron chi connectivity index (χ3n) is 4.76. The molecule has 1 aliphatic heterocycles. The van der Waals surface area contributed by atoms with Crippen molar-refractivity contribution in [3.05, 3.63) is 68.2 Å². The van der Waals surface area contributed by atoms with Gasteiger partial charge in [-0.05, 0) is 31.0 Å². The number of nitro groups is 1. The standard InChI is InChI=1S/C19H16ClN3O3S/c20-15-10-13(23(25)26)7-8-14(15)19(24)22-9-3-4-12(11-22)18-21-16-5-1-2-6-17(16)27-18/h1-2,5-8,10,12H,3-4,9,11H2. The molecule has 0 radical (unpaired) electrons. The normalized spacial score (nSPS) is 17.2. The molecular formula is C19H16ClN3O3S. The summed E-state index contributed by atoms with van der Waals surface area (Å²) in [7, 11) is 0. The van der Waals surface area contributed by atoms with Crippen LogP contribution >= 0.6 is 22.9 Å². The van der Waals surface area contributed by atoms with Gasteiger partial charge in [0.1, 0.15) is 0 Å². The van der Waals surface area contributed by atoms with Crippen LogP contribution in [0.3, 0.4) is 0 Å². The minimum atomic E-state index is -0.524. The molecule has 0 spiro atoms. The Balaban J connectivity index is 1.55. The first kappa shape index (κ1) is 17.9. The Morgan fingerprint density at radius 1 is 1.30 bits per heavy atom. The molecule has 1 saturated heterocycles. The number of hydrogen-bond acceptors (Lipinski definition) is 5. The number of thiazole rings is 1. The molecule has 0 N–H and O–H groups in total. The maximum absolute atomic E-state index is 12.9. The number of nitro benzene ring substituents is 1. The zero-order valence-electron chi connectivity index (χ0n) is 14.3. The lowest BCUT2D eigenvalue weighted by Gasteiger charge is -2.32. The molecule has 1 aromatic heterocycles. The van der Waals surface area contributed by atoms with Crippen LogP contribution in [-0.2, 0) is 0 Å². The summed E-state index contributed by atoms with van der Waals surface area (Å²) in [5, 5.41) is 12.0. The van der Waals surface area contributed by atoms with E-state index in [1.165, 1.54) is 18.2 Å². The van der Waals surface area contributed by atoms with E-state index >= 15 is 0 Å². The molecule has 1 aliphatic rings. The number of para-hydroxylation sites is 1. The topological polar surface area (TPSA) is 76.3 Å². The molecule has 8 heteroatoms. The monoisotopic (exact) mass is 401 g/mol. The molecule has 2 aromatic carbocycles. The predicted octanol–water partition coefficient (Wildman–Crippen LogP) is 4.88. The number of halogens is 1. The SMILES string of the molecule is O=C(c1ccc([N+](=O)[O-])cc1Cl)N1CCCC(c2nc3ccccc3s2)C1. The van der Waals surface area contributed by atoms with Crippen LogP contribution in [0.4, 0.5) is 5.69 Å². The summed E-state index contributed by atoms with van der Waals surface area (Å²) in [5.74, 6) is -0.00219. The van der Waals surface area contributed by atoms with E-state index in [1.807, 2.05) is 18.2 Å². The molecule has 3 aromatic rings. The highest BCUT2D eigenvalue weighted by atomic mass is 35.5. The van der Waals surface area contributed by atoms with Gasteiger partial charge >= 0.3 is 0 Å². The number of aromatic nitrogens is 1. The van der Waals surface area contributed by atoms with Gasteiger partial charge < -0.3 is 4.90 Å². The molecule has 27 heavy (non-hydrogen) atoms. The maximum atomic E-state index is 12.9. The highest BCUT2D eigenvalue weighted by molar-refractivity contribution is 7.18. The van der Waals surface area contributed by atoms with Crippen LogP contribution in [-0.4, -0.2) is 33.8 Å². The fourth-order valence-electron chi connectivity index (χ4n) is 3.39. The lowest BCUT2D eigenvalue weighted by molar-refractivity contribution is -0.384. The second-order valence-corrected chi connectivity index (χ2v) is 8.00. The van der Waals surface area contributed by atoms with Crippen molar-refractivity contribution >= 4 is 44.7 Å². The van der Waals surface area contributed by atoms with Crippen LogP contribution < -0.4 is 0 Å². The molecular weight excluding hydrogens is 386 g/mol. The van der Waals surface area contributed by atoms with Gasteiger partial charge in [-0.1, -0.05) is 23.7 Å². The van der Waals surface area contributed by atoms with Crippen LogP contribution in [0.2, 0.25) is 5.02 Å². The van der Waals surface area contributed by atoms with Crippen molar-refractivity contribution in [1.29, 1.82) is 0 Å². The van der Waals surface area contributed by atoms with E-state index in [0.29, 0.717) is 18.7 Å². The Morgan fingerprint density at radius 2 is 2.11 bits per heavy atom. The van der Waals surface area contributed by atoms with E-state index in [-0.39, 0.29) is 22.5 Å². The van der Waals surface area contributed by atoms with E-state index in [9.17, 15) is 14.9 Å². The summed E-state index contributed by atoms with van der Waals surface area (Å²) in [4.78, 5) is 29.7. The van der Waals surface area contributed by atoms with Crippen LogP contribution in [0, 0.1) is 10.1 Å². The van der Waals surface area contributed by atoms with E-state index < -0.39 is 4.92 Å². The number of likely N-dealkylation sites (tertiary alicyclic amines) is 1. The van der Waals surface area contributed by atoms with Crippen molar-refractivity contribution in [2.24, 2.45) is 0 Å². The average molecular weight is 402 g/mol. The molecule has 1 unspecified atom stereocenters. The number of rotatable bonds is 3. The summed E-state index contributed by atoms with van der Waals surface area (Å²) in [5.41, 5.74) is 1.16. The number of nitrogens with zero attached hydrogens (tertiary/aromatic N) is 3. The number of piperidine rings is 1. The number of benzene rings is 2. The van der Waals surface area contributed by atoms with E-state index in [1.54, 1.807) is 16.2 Å². The minimum absolute atomic E-state index is 0.108. The number of hydrogen-bond donors (Lipinski definition) is 0. The van der Waals surface area contributed by atoms with Gasteiger partial charge in [-0.3, -0.25) is 14.9 Å². The second kappa shape index (κ2) is 7.25. The van der Waals surface area contributed by atoms with Crippen LogP contribution in [0.15, 0.2) is 42.5 Å². The lowest BCUT2D eigenvalue weighted by Crippen LogP contribution is -2.39. The molecule has 138 valence electrons. The summed E-state index contributed by atoms with van der Waals surface area (Å²) in [6.07, 6.45) is 1.87. The molecule has 1 atom stereocenters. The number of carbonyl (C=O) groups excluding carboxylic acids is 1. The maximum Gasteiger partial charge on any atom is 0.270 e. The van der Waals surface area contributed by atoms with Crippen molar-refractivity contribution in [2.75, 3.05) is 13.1 Å². The first-order chi connectivity index (χ1) is 13.0. The van der Waals surface area contributed by atoms with Crippen molar-refractivity contribution in [3.8, 4) is 0 Å². The molecule has 0 bridgehead atoms. The molecule has 1 fully saturated rings. The number of fused-ring (bicyclic) bond motifs is 1. The van der Waals surface area contributed by atoms with Crippen LogP contribution in [0.1, 0.15) is 34.1 Å². The minimum Gasteiger partial charge on any atom is -0.338 e. The molecule has 1 amide bonds. The lowest BCUT2D eigenvalue weighted by atomic mass is 9.98. The molecule has 0 saturated carbocycles. The van der Waals surface area contributed by atoms with Gasteiger partial charge in [0.2, 0.25) is 0 Å². The first-order valence-electron chi connectivity index (χ1n) is 8.61. The summed E-state index contributed by atoms with van der Waals surface area (Å²) in [6, 6.07) is 12.0. The molecule has 6 nitrogen and oxygen atoms in total. The van der Waals surface area contributed by atoms with Gasteiger partial charge in [0, 0.05) is 31.1 Å². The Hall–Kier alpha value is -2.51. The smallest absolute Gasteiger partial charge is 0.270 e. The fraction of sp³-hybridized carbons (Fsp3) is 0.263. The van der Waals surface area contributed by atoms with Crippen LogP contribution in [0.5, 0.6) is 0 Å². The van der Waals surface area contributed by atoms with Gasteiger partial charge in [0.25, 0.3) is 11.6 Å². The summed E-state index contributed by atoms with van der Waals surface area (Å²) in [6.45, 7) is 1.22. The Kier molecular flexibility index (Phi) is 4.80. The predicted molar refractivity (Wildman–Crippen MR) is 106 cm³/mol. The van der Waals surface area contributed by atoms with Gasteiger partial charge in [0.05, 0.1) is 30.7 Å². The van der Waals surface area contributed by atoms with E-state index in [2.05, 4.69) is 6.07 Å². The Morgan fingerprint density at radius 3 is 2.85 bits per heavy atom. The average Bonchev–Trinajstić information content (AvgIpc) is 3.12. The van der Waals surface area contributed by atoms with Gasteiger partial charge in [-0.15, -0.1) is 11.3 Å². The summed E-state index contributed by atoms with van der Waals surface area (Å²) < 4.78 is 1.15. The third-order valence-corrected chi connectivity index (χ3v) is 6.27. The zero-order valence-corrected chi connectivity index (χ0v) is 15.9. The van der Waals surface area contributed by atoms with Crippen molar-refractivity contribution in [2.45, 2.75) is 18.8 Å². The van der Waals surface area contributed by atoms with E-state index in [4.69, 9.17) is 16.6 Å². The third kappa shape index (κ3) is 3.52. The summed E-state index contributed by atoms with van der Waals surface area (Å²) >= 11 is 7.80. The molecule has 2 heterocycles. The number of non-ortho nitro benzene ring substituents is 1. The van der Waals surface area contributed by atoms with Gasteiger partial charge in [-0.25, -0.2) is 4.98 Å². The molecule has 4 rings (SSSR count). The van der Waals surface area contributed by atoms with Crippen molar-refractivity contribution in [3.63, 3.8) is 0 Å². The Labute approximate surface area is 164 Å². The zero-order chi connectivity index (χ0) is 19.0. The first-order valence-corrected chi connectivity index (χ1v) is 9.81.